The van der Waals surface area contributed by atoms with E-state index in [1.54, 1.807) is 19.5 Å². The van der Waals surface area contributed by atoms with Crippen molar-refractivity contribution < 1.29 is 13.2 Å². The number of hydrogen-bond acceptors (Lipinski definition) is 4. The summed E-state index contributed by atoms with van der Waals surface area (Å²) < 4.78 is 30.2. The molecule has 16 heavy (non-hydrogen) atoms. The molecule has 0 aliphatic heterocycles. The Kier molecular flexibility index (Phi) is 5.44. The molecule has 1 aromatic rings. The molecule has 0 bridgehead atoms. The van der Waals surface area contributed by atoms with E-state index in [0.29, 0.717) is 26.0 Å². The number of rotatable bonds is 8. The first-order chi connectivity index (χ1) is 7.64. The number of sulfonamides is 1. The highest BCUT2D eigenvalue weighted by atomic mass is 32.2. The summed E-state index contributed by atoms with van der Waals surface area (Å²) in [6, 6.07) is 0. The molecule has 92 valence electrons. The molecule has 0 aliphatic carbocycles. The molecule has 0 radical (unpaired) electrons. The molecule has 0 atom stereocenters. The fourth-order valence-electron chi connectivity index (χ4n) is 1.23. The molecule has 0 spiro atoms. The van der Waals surface area contributed by atoms with Crippen LogP contribution in [0.2, 0.25) is 0 Å². The highest BCUT2D eigenvalue weighted by Gasteiger charge is 2.08. The van der Waals surface area contributed by atoms with E-state index in [-0.39, 0.29) is 5.75 Å². The zero-order chi connectivity index (χ0) is 11.9. The van der Waals surface area contributed by atoms with Gasteiger partial charge < -0.3 is 9.72 Å². The van der Waals surface area contributed by atoms with Crippen molar-refractivity contribution in [3.8, 4) is 0 Å². The number of ether oxygens (including phenoxy) is 1. The van der Waals surface area contributed by atoms with Crippen LogP contribution in [0, 0.1) is 0 Å². The van der Waals surface area contributed by atoms with E-state index in [2.05, 4.69) is 14.7 Å². The highest BCUT2D eigenvalue weighted by Crippen LogP contribution is 1.92. The third-order valence-corrected chi connectivity index (χ3v) is 3.47. The van der Waals surface area contributed by atoms with Gasteiger partial charge >= 0.3 is 0 Å². The van der Waals surface area contributed by atoms with Gasteiger partial charge in [0.05, 0.1) is 5.75 Å². The third-order valence-electron chi connectivity index (χ3n) is 2.00. The second kappa shape index (κ2) is 6.62. The number of nitrogens with zero attached hydrogens (tertiary/aromatic N) is 1. The lowest BCUT2D eigenvalue weighted by Crippen LogP contribution is -2.29. The Bertz CT molecular complexity index is 375. The Morgan fingerprint density at radius 2 is 2.38 bits per heavy atom. The summed E-state index contributed by atoms with van der Waals surface area (Å²) in [5.41, 5.74) is 0. The van der Waals surface area contributed by atoms with E-state index >= 15 is 0 Å². The second-order valence-electron chi connectivity index (χ2n) is 3.35. The van der Waals surface area contributed by atoms with Crippen LogP contribution in [0.4, 0.5) is 0 Å². The highest BCUT2D eigenvalue weighted by molar-refractivity contribution is 7.89. The molecule has 0 saturated carbocycles. The van der Waals surface area contributed by atoms with Crippen molar-refractivity contribution in [3.05, 3.63) is 18.2 Å². The maximum absolute atomic E-state index is 11.4. The standard InChI is InChI=1S/C9H17N3O3S/c1-15-7-2-8-16(13,14)12-4-3-9-10-5-6-11-9/h5-6,12H,2-4,7-8H2,1H3,(H,10,11). The van der Waals surface area contributed by atoms with E-state index in [4.69, 9.17) is 4.74 Å². The Hall–Kier alpha value is -0.920. The van der Waals surface area contributed by atoms with E-state index in [1.165, 1.54) is 0 Å². The summed E-state index contributed by atoms with van der Waals surface area (Å²) in [6.07, 6.45) is 4.42. The zero-order valence-corrected chi connectivity index (χ0v) is 10.1. The number of methoxy groups -OCH3 is 1. The van der Waals surface area contributed by atoms with Crippen LogP contribution >= 0.6 is 0 Å². The van der Waals surface area contributed by atoms with Crippen LogP contribution in [0.5, 0.6) is 0 Å². The van der Waals surface area contributed by atoms with Gasteiger partial charge in [-0.2, -0.15) is 0 Å². The summed E-state index contributed by atoms with van der Waals surface area (Å²) in [7, 11) is -1.63. The molecule has 0 unspecified atom stereocenters. The Morgan fingerprint density at radius 1 is 1.56 bits per heavy atom. The molecule has 0 saturated heterocycles. The average molecular weight is 247 g/mol. The Morgan fingerprint density at radius 3 is 3.00 bits per heavy atom. The molecule has 1 heterocycles. The Labute approximate surface area is 95.5 Å². The summed E-state index contributed by atoms with van der Waals surface area (Å²) in [6.45, 7) is 0.821. The molecule has 1 rings (SSSR count). The van der Waals surface area contributed by atoms with E-state index in [1.807, 2.05) is 0 Å². The smallest absolute Gasteiger partial charge is 0.211 e. The molecule has 0 aliphatic rings. The topological polar surface area (TPSA) is 84.1 Å². The van der Waals surface area contributed by atoms with E-state index < -0.39 is 10.0 Å². The number of hydrogen-bond donors (Lipinski definition) is 2. The van der Waals surface area contributed by atoms with Crippen LogP contribution in [0.3, 0.4) is 0 Å². The maximum atomic E-state index is 11.4. The average Bonchev–Trinajstić information content (AvgIpc) is 2.70. The van der Waals surface area contributed by atoms with Crippen molar-refractivity contribution >= 4 is 10.0 Å². The molecule has 1 aromatic heterocycles. The fourth-order valence-corrected chi connectivity index (χ4v) is 2.28. The van der Waals surface area contributed by atoms with E-state index in [9.17, 15) is 8.42 Å². The van der Waals surface area contributed by atoms with Crippen LogP contribution in [0.25, 0.3) is 0 Å². The van der Waals surface area contributed by atoms with Crippen LogP contribution in [-0.2, 0) is 21.2 Å². The van der Waals surface area contributed by atoms with Crippen molar-refractivity contribution in [3.63, 3.8) is 0 Å². The molecule has 0 aromatic carbocycles. The molecule has 0 amide bonds. The number of aromatic nitrogens is 2. The summed E-state index contributed by atoms with van der Waals surface area (Å²) in [4.78, 5) is 6.91. The fraction of sp³-hybridized carbons (Fsp3) is 0.667. The first-order valence-electron chi connectivity index (χ1n) is 5.08. The molecule has 7 heteroatoms. The lowest BCUT2D eigenvalue weighted by molar-refractivity contribution is 0.199. The normalized spacial score (nSPS) is 11.8. The molecular formula is C9H17N3O3S. The SMILES string of the molecule is COCCCS(=O)(=O)NCCc1ncc[nH]1. The van der Waals surface area contributed by atoms with Crippen molar-refractivity contribution in [2.45, 2.75) is 12.8 Å². The lowest BCUT2D eigenvalue weighted by Gasteiger charge is -2.05. The van der Waals surface area contributed by atoms with Gasteiger partial charge in [-0.3, -0.25) is 0 Å². The van der Waals surface area contributed by atoms with E-state index in [0.717, 1.165) is 5.82 Å². The lowest BCUT2D eigenvalue weighted by atomic mass is 10.4. The Balaban J connectivity index is 2.20. The second-order valence-corrected chi connectivity index (χ2v) is 5.27. The van der Waals surface area contributed by atoms with Gasteiger partial charge in [-0.1, -0.05) is 0 Å². The van der Waals surface area contributed by atoms with Crippen molar-refractivity contribution in [1.29, 1.82) is 0 Å². The molecule has 6 nitrogen and oxygen atoms in total. The molecule has 0 fully saturated rings. The first-order valence-corrected chi connectivity index (χ1v) is 6.74. The van der Waals surface area contributed by atoms with Crippen molar-refractivity contribution in [2.24, 2.45) is 0 Å². The number of imidazole rings is 1. The molecular weight excluding hydrogens is 230 g/mol. The van der Waals surface area contributed by atoms with Gasteiger partial charge in [0.25, 0.3) is 0 Å². The summed E-state index contributed by atoms with van der Waals surface area (Å²) in [5.74, 6) is 0.874. The first kappa shape index (κ1) is 13.1. The van der Waals surface area contributed by atoms with Crippen LogP contribution in [0.1, 0.15) is 12.2 Å². The number of nitrogens with one attached hydrogen (secondary N) is 2. The zero-order valence-electron chi connectivity index (χ0n) is 9.27. The maximum Gasteiger partial charge on any atom is 0.211 e. The minimum absolute atomic E-state index is 0.0962. The summed E-state index contributed by atoms with van der Waals surface area (Å²) >= 11 is 0. The van der Waals surface area contributed by atoms with Crippen molar-refractivity contribution in [1.82, 2.24) is 14.7 Å². The third kappa shape index (κ3) is 5.24. The van der Waals surface area contributed by atoms with Gasteiger partial charge in [-0.15, -0.1) is 0 Å². The molecule has 2 N–H and O–H groups in total. The minimum atomic E-state index is -3.18. The predicted molar refractivity (Wildman–Crippen MR) is 60.6 cm³/mol. The van der Waals surface area contributed by atoms with Gasteiger partial charge in [0.15, 0.2) is 0 Å². The van der Waals surface area contributed by atoms with Crippen LogP contribution in [-0.4, -0.2) is 44.4 Å². The monoisotopic (exact) mass is 247 g/mol. The van der Waals surface area contributed by atoms with Crippen LogP contribution in [0.15, 0.2) is 12.4 Å². The minimum Gasteiger partial charge on any atom is -0.385 e. The van der Waals surface area contributed by atoms with Gasteiger partial charge in [0.2, 0.25) is 10.0 Å². The quantitative estimate of drug-likeness (QED) is 0.629. The van der Waals surface area contributed by atoms with Gasteiger partial charge in [-0.05, 0) is 6.42 Å². The van der Waals surface area contributed by atoms with Crippen molar-refractivity contribution in [2.75, 3.05) is 26.0 Å². The van der Waals surface area contributed by atoms with Gasteiger partial charge in [0.1, 0.15) is 5.82 Å². The van der Waals surface area contributed by atoms with Gasteiger partial charge in [-0.25, -0.2) is 18.1 Å². The predicted octanol–water partition coefficient (Wildman–Crippen LogP) is -0.0919. The largest absolute Gasteiger partial charge is 0.385 e. The summed E-state index contributed by atoms with van der Waals surface area (Å²) in [5, 5.41) is 0. The number of H-pyrrole nitrogens is 1. The van der Waals surface area contributed by atoms with Gasteiger partial charge in [0, 0.05) is 39.1 Å². The van der Waals surface area contributed by atoms with Crippen LogP contribution < -0.4 is 4.72 Å². The number of aromatic amines is 1.